The Hall–Kier alpha value is -1.03. The summed E-state index contributed by atoms with van der Waals surface area (Å²) in [6.07, 6.45) is 1.36. The van der Waals surface area contributed by atoms with Crippen LogP contribution < -0.4 is 4.90 Å². The molecule has 0 radical (unpaired) electrons. The van der Waals surface area contributed by atoms with E-state index in [2.05, 4.69) is 59.2 Å². The van der Waals surface area contributed by atoms with Gasteiger partial charge in [-0.15, -0.1) is 17.0 Å². The van der Waals surface area contributed by atoms with Gasteiger partial charge in [-0.3, -0.25) is 4.90 Å². The number of aryl methyl sites for hydroxylation is 1. The second-order valence-corrected chi connectivity index (χ2v) is 7.67. The standard InChI is InChI=1S/C21H25ClN2.BrH/c1-16-13-19(22)7-8-21(16)24-11-9-23(10-12-24)15-18-14-20(18)17-5-3-2-4-6-17;/h2-8,13,18,20H,9-12,14-15H2,1H3;1H/t18-,20-;/m1./s1. The molecule has 1 aliphatic carbocycles. The Morgan fingerprint density at radius 3 is 2.40 bits per heavy atom. The molecular formula is C21H26BrClN2. The predicted octanol–water partition coefficient (Wildman–Crippen LogP) is 5.15. The van der Waals surface area contributed by atoms with Gasteiger partial charge in [-0.25, -0.2) is 0 Å². The molecule has 1 saturated carbocycles. The fourth-order valence-electron chi connectivity index (χ4n) is 4.03. The molecule has 2 aromatic carbocycles. The van der Waals surface area contributed by atoms with E-state index in [1.807, 2.05) is 6.07 Å². The minimum Gasteiger partial charge on any atom is -0.369 e. The lowest BCUT2D eigenvalue weighted by molar-refractivity contribution is 0.246. The van der Waals surface area contributed by atoms with Crippen molar-refractivity contribution in [3.63, 3.8) is 0 Å². The number of anilines is 1. The van der Waals surface area contributed by atoms with Gasteiger partial charge in [0, 0.05) is 43.4 Å². The van der Waals surface area contributed by atoms with Crippen LogP contribution in [0, 0.1) is 12.8 Å². The summed E-state index contributed by atoms with van der Waals surface area (Å²) >= 11 is 6.08. The average Bonchev–Trinajstić information content (AvgIpc) is 3.36. The van der Waals surface area contributed by atoms with Crippen LogP contribution in [-0.2, 0) is 0 Å². The number of benzene rings is 2. The van der Waals surface area contributed by atoms with Crippen LogP contribution in [0.2, 0.25) is 5.02 Å². The van der Waals surface area contributed by atoms with Gasteiger partial charge in [0.2, 0.25) is 0 Å². The van der Waals surface area contributed by atoms with Gasteiger partial charge >= 0.3 is 0 Å². The van der Waals surface area contributed by atoms with E-state index in [-0.39, 0.29) is 17.0 Å². The first-order valence-electron chi connectivity index (χ1n) is 8.99. The van der Waals surface area contributed by atoms with E-state index in [0.717, 1.165) is 29.9 Å². The molecule has 0 N–H and O–H groups in total. The number of nitrogens with zero attached hydrogens (tertiary/aromatic N) is 2. The fraction of sp³-hybridized carbons (Fsp3) is 0.429. The van der Waals surface area contributed by atoms with Crippen molar-refractivity contribution in [2.45, 2.75) is 19.3 Å². The molecular weight excluding hydrogens is 396 g/mol. The summed E-state index contributed by atoms with van der Waals surface area (Å²) in [6, 6.07) is 17.2. The summed E-state index contributed by atoms with van der Waals surface area (Å²) in [5.74, 6) is 1.65. The van der Waals surface area contributed by atoms with Crippen molar-refractivity contribution >= 4 is 34.3 Å². The highest BCUT2D eigenvalue weighted by Crippen LogP contribution is 2.47. The minimum absolute atomic E-state index is 0. The molecule has 1 saturated heterocycles. The van der Waals surface area contributed by atoms with E-state index in [0.29, 0.717) is 0 Å². The second-order valence-electron chi connectivity index (χ2n) is 7.23. The maximum Gasteiger partial charge on any atom is 0.0410 e. The minimum atomic E-state index is 0. The van der Waals surface area contributed by atoms with Gasteiger partial charge in [0.25, 0.3) is 0 Å². The zero-order valence-corrected chi connectivity index (χ0v) is 17.2. The van der Waals surface area contributed by atoms with E-state index >= 15 is 0 Å². The quantitative estimate of drug-likeness (QED) is 0.673. The van der Waals surface area contributed by atoms with Crippen LogP contribution >= 0.6 is 28.6 Å². The lowest BCUT2D eigenvalue weighted by atomic mass is 10.1. The molecule has 25 heavy (non-hydrogen) atoms. The Balaban J connectivity index is 0.00000182. The first-order valence-corrected chi connectivity index (χ1v) is 9.37. The molecule has 4 rings (SSSR count). The van der Waals surface area contributed by atoms with E-state index in [4.69, 9.17) is 11.6 Å². The van der Waals surface area contributed by atoms with Crippen molar-refractivity contribution in [1.82, 2.24) is 4.90 Å². The topological polar surface area (TPSA) is 6.48 Å². The highest BCUT2D eigenvalue weighted by Gasteiger charge is 2.39. The molecule has 2 aliphatic rings. The third-order valence-electron chi connectivity index (χ3n) is 5.51. The van der Waals surface area contributed by atoms with Gasteiger partial charge < -0.3 is 4.90 Å². The lowest BCUT2D eigenvalue weighted by Gasteiger charge is -2.37. The molecule has 0 spiro atoms. The molecule has 0 aromatic heterocycles. The Labute approximate surface area is 166 Å². The molecule has 2 aromatic rings. The molecule has 2 nitrogen and oxygen atoms in total. The average molecular weight is 422 g/mol. The molecule has 1 aliphatic heterocycles. The Morgan fingerprint density at radius 1 is 1.00 bits per heavy atom. The maximum atomic E-state index is 6.08. The third-order valence-corrected chi connectivity index (χ3v) is 5.75. The van der Waals surface area contributed by atoms with Gasteiger partial charge in [0.1, 0.15) is 0 Å². The smallest absolute Gasteiger partial charge is 0.0410 e. The monoisotopic (exact) mass is 420 g/mol. The van der Waals surface area contributed by atoms with Crippen molar-refractivity contribution in [3.05, 3.63) is 64.7 Å². The van der Waals surface area contributed by atoms with Crippen LogP contribution in [0.25, 0.3) is 0 Å². The molecule has 4 heteroatoms. The zero-order valence-electron chi connectivity index (χ0n) is 14.7. The second kappa shape index (κ2) is 8.11. The molecule has 2 fully saturated rings. The van der Waals surface area contributed by atoms with Gasteiger partial charge in [0.05, 0.1) is 0 Å². The van der Waals surface area contributed by atoms with Gasteiger partial charge in [-0.1, -0.05) is 41.9 Å². The Morgan fingerprint density at radius 2 is 1.72 bits per heavy atom. The Kier molecular flexibility index (Phi) is 6.08. The molecule has 0 bridgehead atoms. The summed E-state index contributed by atoms with van der Waals surface area (Å²) in [7, 11) is 0. The molecule has 0 unspecified atom stereocenters. The predicted molar refractivity (Wildman–Crippen MR) is 112 cm³/mol. The van der Waals surface area contributed by atoms with Crippen molar-refractivity contribution in [2.75, 3.05) is 37.6 Å². The number of hydrogen-bond acceptors (Lipinski definition) is 2. The number of piperazine rings is 1. The summed E-state index contributed by atoms with van der Waals surface area (Å²) in [4.78, 5) is 5.15. The molecule has 134 valence electrons. The number of hydrogen-bond donors (Lipinski definition) is 0. The summed E-state index contributed by atoms with van der Waals surface area (Å²) in [6.45, 7) is 7.98. The Bertz CT molecular complexity index is 698. The van der Waals surface area contributed by atoms with Crippen LogP contribution in [0.5, 0.6) is 0 Å². The van der Waals surface area contributed by atoms with Crippen LogP contribution in [0.1, 0.15) is 23.5 Å². The summed E-state index contributed by atoms with van der Waals surface area (Å²) in [5.41, 5.74) is 4.15. The van der Waals surface area contributed by atoms with E-state index in [1.165, 1.54) is 42.9 Å². The van der Waals surface area contributed by atoms with E-state index in [9.17, 15) is 0 Å². The zero-order chi connectivity index (χ0) is 16.5. The van der Waals surface area contributed by atoms with E-state index in [1.54, 1.807) is 0 Å². The highest BCUT2D eigenvalue weighted by molar-refractivity contribution is 8.93. The van der Waals surface area contributed by atoms with Crippen LogP contribution in [0.15, 0.2) is 48.5 Å². The maximum absolute atomic E-state index is 6.08. The molecule has 1 heterocycles. The highest BCUT2D eigenvalue weighted by atomic mass is 79.9. The third kappa shape index (κ3) is 4.39. The number of halogens is 2. The molecule has 0 amide bonds. The van der Waals surface area contributed by atoms with Gasteiger partial charge in [-0.2, -0.15) is 0 Å². The van der Waals surface area contributed by atoms with Crippen molar-refractivity contribution in [3.8, 4) is 0 Å². The van der Waals surface area contributed by atoms with Crippen LogP contribution in [0.4, 0.5) is 5.69 Å². The van der Waals surface area contributed by atoms with Gasteiger partial charge in [-0.05, 0) is 54.5 Å². The summed E-state index contributed by atoms with van der Waals surface area (Å²) in [5, 5.41) is 0.829. The molecule has 2 atom stereocenters. The largest absolute Gasteiger partial charge is 0.369 e. The van der Waals surface area contributed by atoms with Gasteiger partial charge in [0.15, 0.2) is 0 Å². The van der Waals surface area contributed by atoms with Crippen molar-refractivity contribution in [1.29, 1.82) is 0 Å². The first kappa shape index (κ1) is 18.8. The fourth-order valence-corrected chi connectivity index (χ4v) is 4.26. The van der Waals surface area contributed by atoms with Crippen LogP contribution in [0.3, 0.4) is 0 Å². The number of rotatable bonds is 4. The van der Waals surface area contributed by atoms with Crippen molar-refractivity contribution < 1.29 is 0 Å². The lowest BCUT2D eigenvalue weighted by Crippen LogP contribution is -2.47. The normalized spacial score (nSPS) is 23.2. The first-order chi connectivity index (χ1) is 11.7. The summed E-state index contributed by atoms with van der Waals surface area (Å²) < 4.78 is 0. The van der Waals surface area contributed by atoms with E-state index < -0.39 is 0 Å². The van der Waals surface area contributed by atoms with Crippen LogP contribution in [-0.4, -0.2) is 37.6 Å². The SMILES string of the molecule is Br.Cc1cc(Cl)ccc1N1CCN(C[C@H]2C[C@@H]2c2ccccc2)CC1. The van der Waals surface area contributed by atoms with Crippen molar-refractivity contribution in [2.24, 2.45) is 5.92 Å².